The van der Waals surface area contributed by atoms with E-state index in [4.69, 9.17) is 9.47 Å². The van der Waals surface area contributed by atoms with E-state index in [2.05, 4.69) is 17.0 Å². The number of carbonyl (C=O) groups is 1. The summed E-state index contributed by atoms with van der Waals surface area (Å²) in [6.45, 7) is 5.34. The lowest BCUT2D eigenvalue weighted by Crippen LogP contribution is -2.44. The van der Waals surface area contributed by atoms with E-state index in [0.29, 0.717) is 18.7 Å². The Kier molecular flexibility index (Phi) is 7.93. The molecule has 180 valence electrons. The Morgan fingerprint density at radius 1 is 1.21 bits per heavy atom. The van der Waals surface area contributed by atoms with Crippen molar-refractivity contribution in [1.29, 1.82) is 0 Å². The van der Waals surface area contributed by atoms with Crippen molar-refractivity contribution in [3.05, 3.63) is 53.8 Å². The maximum atomic E-state index is 14.0. The molecule has 8 nitrogen and oxygen atoms in total. The third kappa shape index (κ3) is 6.01. The van der Waals surface area contributed by atoms with Crippen molar-refractivity contribution in [3.8, 4) is 5.75 Å². The van der Waals surface area contributed by atoms with Gasteiger partial charge in [-0.15, -0.1) is 0 Å². The standard InChI is InChI=1S/C23H30FN3O5S/c1-15-12-25-16(2)14-32-20-11-17(26-33(29,30)22-8-6-5-7-19(22)24)9-10-18(20)23(28)27(3)13-21(15)31-4/h5-11,15-16,21,25-26H,12-14H2,1-4H3/t15-,16-,21-/m1/s1. The van der Waals surface area contributed by atoms with Crippen LogP contribution < -0.4 is 14.8 Å². The van der Waals surface area contributed by atoms with E-state index >= 15 is 0 Å². The number of nitrogens with zero attached hydrogens (tertiary/aromatic N) is 1. The van der Waals surface area contributed by atoms with Crippen molar-refractivity contribution in [3.63, 3.8) is 0 Å². The minimum absolute atomic E-state index is 0.0242. The number of hydrogen-bond donors (Lipinski definition) is 2. The summed E-state index contributed by atoms with van der Waals surface area (Å²) < 4.78 is 53.3. The van der Waals surface area contributed by atoms with Crippen LogP contribution in [0.15, 0.2) is 47.4 Å². The van der Waals surface area contributed by atoms with Gasteiger partial charge in [-0.3, -0.25) is 9.52 Å². The van der Waals surface area contributed by atoms with E-state index in [9.17, 15) is 17.6 Å². The van der Waals surface area contributed by atoms with Gasteiger partial charge in [-0.25, -0.2) is 12.8 Å². The molecule has 1 amide bonds. The predicted molar refractivity (Wildman–Crippen MR) is 124 cm³/mol. The highest BCUT2D eigenvalue weighted by atomic mass is 32.2. The number of sulfonamides is 1. The van der Waals surface area contributed by atoms with Crippen LogP contribution >= 0.6 is 0 Å². The Labute approximate surface area is 194 Å². The van der Waals surface area contributed by atoms with Crippen LogP contribution in [0.25, 0.3) is 0 Å². The number of fused-ring (bicyclic) bond motifs is 1. The van der Waals surface area contributed by atoms with E-state index in [1.165, 1.54) is 36.4 Å². The second-order valence-electron chi connectivity index (χ2n) is 8.30. The van der Waals surface area contributed by atoms with Crippen LogP contribution in [0.3, 0.4) is 0 Å². The molecule has 0 aromatic heterocycles. The van der Waals surface area contributed by atoms with Crippen molar-refractivity contribution >= 4 is 21.6 Å². The molecule has 0 bridgehead atoms. The Bertz CT molecular complexity index is 1100. The molecular formula is C23H30FN3O5S. The van der Waals surface area contributed by atoms with E-state index < -0.39 is 20.7 Å². The number of ether oxygens (including phenoxy) is 2. The molecule has 0 unspecified atom stereocenters. The summed E-state index contributed by atoms with van der Waals surface area (Å²) in [5.41, 5.74) is 0.449. The molecule has 0 fully saturated rings. The second kappa shape index (κ2) is 10.5. The first kappa shape index (κ1) is 24.9. The largest absolute Gasteiger partial charge is 0.491 e. The van der Waals surface area contributed by atoms with Gasteiger partial charge < -0.3 is 19.7 Å². The molecule has 33 heavy (non-hydrogen) atoms. The summed E-state index contributed by atoms with van der Waals surface area (Å²) in [5, 5.41) is 3.39. The van der Waals surface area contributed by atoms with Gasteiger partial charge in [0.25, 0.3) is 15.9 Å². The highest BCUT2D eigenvalue weighted by Crippen LogP contribution is 2.28. The van der Waals surface area contributed by atoms with Crippen molar-refractivity contribution < 1.29 is 27.1 Å². The Hall–Kier alpha value is -2.69. The van der Waals surface area contributed by atoms with Gasteiger partial charge in [0.1, 0.15) is 23.1 Å². The molecule has 2 aromatic carbocycles. The lowest BCUT2D eigenvalue weighted by Gasteiger charge is -2.30. The average Bonchev–Trinajstić information content (AvgIpc) is 2.78. The number of rotatable bonds is 4. The zero-order valence-electron chi connectivity index (χ0n) is 19.2. The summed E-state index contributed by atoms with van der Waals surface area (Å²) in [6.07, 6.45) is -0.158. The van der Waals surface area contributed by atoms with E-state index in [1.54, 1.807) is 19.1 Å². The number of amides is 1. The summed E-state index contributed by atoms with van der Waals surface area (Å²) >= 11 is 0. The molecular weight excluding hydrogens is 449 g/mol. The second-order valence-corrected chi connectivity index (χ2v) is 9.96. The first-order chi connectivity index (χ1) is 15.6. The minimum Gasteiger partial charge on any atom is -0.491 e. The molecule has 0 aliphatic carbocycles. The number of likely N-dealkylation sites (N-methyl/N-ethyl adjacent to an activating group) is 1. The first-order valence-corrected chi connectivity index (χ1v) is 12.2. The molecule has 1 aliphatic heterocycles. The summed E-state index contributed by atoms with van der Waals surface area (Å²) in [6, 6.07) is 9.48. The maximum Gasteiger partial charge on any atom is 0.264 e. The van der Waals surface area contributed by atoms with Gasteiger partial charge in [-0.05, 0) is 37.1 Å². The lowest BCUT2D eigenvalue weighted by molar-refractivity contribution is 0.0281. The van der Waals surface area contributed by atoms with Gasteiger partial charge in [0.2, 0.25) is 0 Å². The Morgan fingerprint density at radius 2 is 1.94 bits per heavy atom. The number of benzene rings is 2. The van der Waals surface area contributed by atoms with Crippen LogP contribution in [0.5, 0.6) is 5.75 Å². The fourth-order valence-corrected chi connectivity index (χ4v) is 4.72. The summed E-state index contributed by atoms with van der Waals surface area (Å²) in [7, 11) is -0.860. The van der Waals surface area contributed by atoms with Gasteiger partial charge in [0, 0.05) is 39.4 Å². The van der Waals surface area contributed by atoms with E-state index in [0.717, 1.165) is 6.07 Å². The Morgan fingerprint density at radius 3 is 2.64 bits per heavy atom. The van der Waals surface area contributed by atoms with Crippen LogP contribution in [-0.4, -0.2) is 65.2 Å². The Balaban J connectivity index is 1.93. The van der Waals surface area contributed by atoms with E-state index in [1.807, 2.05) is 6.92 Å². The highest BCUT2D eigenvalue weighted by molar-refractivity contribution is 7.92. The van der Waals surface area contributed by atoms with Crippen molar-refractivity contribution in [2.75, 3.05) is 38.6 Å². The zero-order chi connectivity index (χ0) is 24.2. The minimum atomic E-state index is -4.17. The van der Waals surface area contributed by atoms with Crippen molar-refractivity contribution in [2.24, 2.45) is 5.92 Å². The molecule has 10 heteroatoms. The topological polar surface area (TPSA) is 97.0 Å². The third-order valence-corrected chi connectivity index (χ3v) is 7.02. The van der Waals surface area contributed by atoms with E-state index in [-0.39, 0.29) is 42.0 Å². The third-order valence-electron chi connectivity index (χ3n) is 5.61. The molecule has 0 saturated carbocycles. The van der Waals surface area contributed by atoms with Gasteiger partial charge in [-0.1, -0.05) is 19.1 Å². The van der Waals surface area contributed by atoms with Crippen LogP contribution in [0.4, 0.5) is 10.1 Å². The predicted octanol–water partition coefficient (Wildman–Crippen LogP) is 2.72. The molecule has 3 atom stereocenters. The number of nitrogens with one attached hydrogen (secondary N) is 2. The first-order valence-electron chi connectivity index (χ1n) is 10.7. The molecule has 1 aliphatic rings. The molecule has 3 rings (SSSR count). The molecule has 0 saturated heterocycles. The van der Waals surface area contributed by atoms with Crippen LogP contribution in [0, 0.1) is 11.7 Å². The van der Waals surface area contributed by atoms with Crippen LogP contribution in [0.1, 0.15) is 24.2 Å². The zero-order valence-corrected chi connectivity index (χ0v) is 20.0. The van der Waals surface area contributed by atoms with Crippen LogP contribution in [-0.2, 0) is 14.8 Å². The number of anilines is 1. The number of carbonyl (C=O) groups excluding carboxylic acids is 1. The number of halogens is 1. The average molecular weight is 480 g/mol. The summed E-state index contributed by atoms with van der Waals surface area (Å²) in [5.74, 6) is -0.728. The van der Waals surface area contributed by atoms with Crippen molar-refractivity contribution in [2.45, 2.75) is 30.9 Å². The lowest BCUT2D eigenvalue weighted by atomic mass is 10.0. The van der Waals surface area contributed by atoms with Gasteiger partial charge >= 0.3 is 0 Å². The fraction of sp³-hybridized carbons (Fsp3) is 0.435. The normalized spacial score (nSPS) is 22.5. The van der Waals surface area contributed by atoms with Crippen molar-refractivity contribution in [1.82, 2.24) is 10.2 Å². The monoisotopic (exact) mass is 479 g/mol. The molecule has 0 radical (unpaired) electrons. The smallest absolute Gasteiger partial charge is 0.264 e. The van der Waals surface area contributed by atoms with Gasteiger partial charge in [0.05, 0.1) is 17.4 Å². The number of methoxy groups -OCH3 is 1. The highest BCUT2D eigenvalue weighted by Gasteiger charge is 2.26. The van der Waals surface area contributed by atoms with Gasteiger partial charge in [-0.2, -0.15) is 0 Å². The number of hydrogen-bond acceptors (Lipinski definition) is 6. The summed E-state index contributed by atoms with van der Waals surface area (Å²) in [4.78, 5) is 14.2. The fourth-order valence-electron chi connectivity index (χ4n) is 3.59. The SMILES string of the molecule is CO[C@@H]1CN(C)C(=O)c2ccc(NS(=O)(=O)c3ccccc3F)cc2OC[C@@H](C)NC[C@H]1C. The maximum absolute atomic E-state index is 14.0. The molecule has 0 spiro atoms. The van der Waals surface area contributed by atoms with Crippen LogP contribution in [0.2, 0.25) is 0 Å². The van der Waals surface area contributed by atoms with Gasteiger partial charge in [0.15, 0.2) is 0 Å². The molecule has 1 heterocycles. The molecule has 2 aromatic rings. The quantitative estimate of drug-likeness (QED) is 0.700. The molecule has 2 N–H and O–H groups in total.